The molecule has 4 nitrogen and oxygen atoms in total. The highest BCUT2D eigenvalue weighted by Gasteiger charge is 2.31. The summed E-state index contributed by atoms with van der Waals surface area (Å²) in [6.07, 6.45) is 12.9. The van der Waals surface area contributed by atoms with Crippen molar-refractivity contribution in [3.63, 3.8) is 0 Å². The van der Waals surface area contributed by atoms with Crippen molar-refractivity contribution < 1.29 is 4.39 Å². The molecule has 6 heteroatoms. The highest BCUT2D eigenvalue weighted by Crippen LogP contribution is 2.43. The topological polar surface area (TPSA) is 35.6 Å². The van der Waals surface area contributed by atoms with Gasteiger partial charge in [0.1, 0.15) is 5.82 Å². The van der Waals surface area contributed by atoms with E-state index in [9.17, 15) is 4.39 Å². The normalized spacial score (nSPS) is 21.5. The second-order valence-electron chi connectivity index (χ2n) is 7.43. The maximum Gasteiger partial charge on any atom is 0.123 e. The number of thioether (sulfide) groups is 1. The first-order valence-corrected chi connectivity index (χ1v) is 10.2. The molecule has 0 saturated heterocycles. The minimum absolute atomic E-state index is 0.220. The molecule has 2 heterocycles. The van der Waals surface area contributed by atoms with Crippen molar-refractivity contribution in [2.75, 3.05) is 0 Å². The summed E-state index contributed by atoms with van der Waals surface area (Å²) >= 11 is 1.96. The number of nitrogens with zero attached hydrogens (tertiary/aromatic N) is 4. The van der Waals surface area contributed by atoms with E-state index in [1.54, 1.807) is 12.1 Å². The van der Waals surface area contributed by atoms with E-state index in [2.05, 4.69) is 22.5 Å². The lowest BCUT2D eigenvalue weighted by molar-refractivity contribution is 0.459. The Morgan fingerprint density at radius 1 is 1.15 bits per heavy atom. The zero-order valence-corrected chi connectivity index (χ0v) is 16.0. The molecule has 1 fully saturated rings. The molecule has 0 unspecified atom stereocenters. The van der Waals surface area contributed by atoms with Crippen LogP contribution in [-0.2, 0) is 13.5 Å². The number of rotatable bonds is 3. The van der Waals surface area contributed by atoms with Crippen molar-refractivity contribution in [1.29, 1.82) is 0 Å². The van der Waals surface area contributed by atoms with Gasteiger partial charge in [-0.05, 0) is 67.5 Å². The molecule has 0 spiro atoms. The van der Waals surface area contributed by atoms with E-state index in [0.717, 1.165) is 24.2 Å². The standard InChI is InChI=1S/C21H21FN4S/c1-25-13-20(12-23-25)27-19-7-2-14-10-21-16(8-15(14)9-19)11-24-26(21)18-5-3-17(22)4-6-18/h3-6,10-13,15,19H,2,7-9H2,1H3/t15-,19-/m0/s1. The van der Waals surface area contributed by atoms with Crippen molar-refractivity contribution in [1.82, 2.24) is 19.6 Å². The number of halogens is 1. The number of benzene rings is 1. The molecule has 2 atom stereocenters. The third-order valence-electron chi connectivity index (χ3n) is 5.56. The van der Waals surface area contributed by atoms with Gasteiger partial charge in [0, 0.05) is 23.4 Å². The molecule has 1 aromatic carbocycles. The highest BCUT2D eigenvalue weighted by atomic mass is 32.2. The van der Waals surface area contributed by atoms with E-state index in [1.807, 2.05) is 40.6 Å². The van der Waals surface area contributed by atoms with Crippen LogP contribution in [0.4, 0.5) is 4.39 Å². The first-order valence-electron chi connectivity index (χ1n) is 9.34. The van der Waals surface area contributed by atoms with Gasteiger partial charge in [-0.25, -0.2) is 9.07 Å². The lowest BCUT2D eigenvalue weighted by atomic mass is 9.77. The van der Waals surface area contributed by atoms with Crippen LogP contribution in [0.15, 0.2) is 53.3 Å². The summed E-state index contributed by atoms with van der Waals surface area (Å²) in [6.45, 7) is 0. The SMILES string of the molecule is Cn1cc(S[C@H]2CCC3=Cc4c(cnn4-c4ccc(F)cc4)C[C@H]3C2)cn1. The fourth-order valence-electron chi connectivity index (χ4n) is 4.21. The van der Waals surface area contributed by atoms with Crippen LogP contribution in [-0.4, -0.2) is 24.8 Å². The predicted octanol–water partition coefficient (Wildman–Crippen LogP) is 4.65. The van der Waals surface area contributed by atoms with E-state index >= 15 is 0 Å². The second-order valence-corrected chi connectivity index (χ2v) is 8.80. The molecule has 138 valence electrons. The Morgan fingerprint density at radius 3 is 2.78 bits per heavy atom. The Labute approximate surface area is 162 Å². The number of aromatic nitrogens is 4. The molecule has 2 aromatic heterocycles. The zero-order chi connectivity index (χ0) is 18.4. The van der Waals surface area contributed by atoms with Gasteiger partial charge in [0.25, 0.3) is 0 Å². The molecule has 27 heavy (non-hydrogen) atoms. The number of hydrogen-bond donors (Lipinski definition) is 0. The van der Waals surface area contributed by atoms with Crippen molar-refractivity contribution in [3.8, 4) is 5.69 Å². The van der Waals surface area contributed by atoms with E-state index in [-0.39, 0.29) is 5.82 Å². The Balaban J connectivity index is 1.36. The highest BCUT2D eigenvalue weighted by molar-refractivity contribution is 8.00. The summed E-state index contributed by atoms with van der Waals surface area (Å²) in [5.41, 5.74) is 4.90. The van der Waals surface area contributed by atoms with E-state index in [4.69, 9.17) is 0 Å². The lowest BCUT2D eigenvalue weighted by Gasteiger charge is -2.33. The molecule has 0 radical (unpaired) electrons. The Kier molecular flexibility index (Phi) is 4.16. The van der Waals surface area contributed by atoms with Crippen LogP contribution in [0, 0.1) is 11.7 Å². The van der Waals surface area contributed by atoms with Gasteiger partial charge in [0.15, 0.2) is 0 Å². The molecule has 2 aliphatic rings. The fourth-order valence-corrected chi connectivity index (χ4v) is 5.48. The molecule has 0 bridgehead atoms. The number of allylic oxidation sites excluding steroid dienone is 1. The third-order valence-corrected chi connectivity index (χ3v) is 6.80. The molecule has 0 amide bonds. The first kappa shape index (κ1) is 16.8. The lowest BCUT2D eigenvalue weighted by Crippen LogP contribution is -2.24. The van der Waals surface area contributed by atoms with Gasteiger partial charge in [-0.2, -0.15) is 10.2 Å². The average Bonchev–Trinajstić information content (AvgIpc) is 3.26. The van der Waals surface area contributed by atoms with Gasteiger partial charge in [-0.3, -0.25) is 4.68 Å². The van der Waals surface area contributed by atoms with Crippen LogP contribution < -0.4 is 0 Å². The van der Waals surface area contributed by atoms with Gasteiger partial charge >= 0.3 is 0 Å². The van der Waals surface area contributed by atoms with E-state index in [0.29, 0.717) is 11.2 Å². The second kappa shape index (κ2) is 6.68. The van der Waals surface area contributed by atoms with Gasteiger partial charge in [-0.15, -0.1) is 11.8 Å². The Hall–Kier alpha value is -2.34. The van der Waals surface area contributed by atoms with Crippen molar-refractivity contribution in [2.45, 2.75) is 35.8 Å². The van der Waals surface area contributed by atoms with E-state index < -0.39 is 0 Å². The average molecular weight is 380 g/mol. The molecule has 1 saturated carbocycles. The van der Waals surface area contributed by atoms with Crippen LogP contribution >= 0.6 is 11.8 Å². The van der Waals surface area contributed by atoms with Gasteiger partial charge in [0.2, 0.25) is 0 Å². The van der Waals surface area contributed by atoms with Crippen LogP contribution in [0.3, 0.4) is 0 Å². The summed E-state index contributed by atoms with van der Waals surface area (Å²) in [6, 6.07) is 6.55. The molecule has 0 N–H and O–H groups in total. The fraction of sp³-hybridized carbons (Fsp3) is 0.333. The summed E-state index contributed by atoms with van der Waals surface area (Å²) in [5, 5.41) is 9.50. The van der Waals surface area contributed by atoms with Crippen molar-refractivity contribution in [2.24, 2.45) is 13.0 Å². The summed E-state index contributed by atoms with van der Waals surface area (Å²) in [4.78, 5) is 1.26. The van der Waals surface area contributed by atoms with Crippen LogP contribution in [0.1, 0.15) is 30.5 Å². The molecule has 0 aliphatic heterocycles. The van der Waals surface area contributed by atoms with Crippen LogP contribution in [0.5, 0.6) is 0 Å². The summed E-state index contributed by atoms with van der Waals surface area (Å²) in [7, 11) is 1.97. The Bertz CT molecular complexity index is 1000. The monoisotopic (exact) mass is 380 g/mol. The smallest absolute Gasteiger partial charge is 0.123 e. The molecule has 5 rings (SSSR count). The quantitative estimate of drug-likeness (QED) is 0.664. The minimum Gasteiger partial charge on any atom is -0.275 e. The maximum atomic E-state index is 13.2. The minimum atomic E-state index is -0.220. The van der Waals surface area contributed by atoms with Crippen LogP contribution in [0.2, 0.25) is 0 Å². The predicted molar refractivity (Wildman–Crippen MR) is 105 cm³/mol. The first-order chi connectivity index (χ1) is 13.2. The van der Waals surface area contributed by atoms with Gasteiger partial charge < -0.3 is 0 Å². The number of aryl methyl sites for hydroxylation is 1. The molecular formula is C21H21FN4S. The summed E-state index contributed by atoms with van der Waals surface area (Å²) in [5.74, 6) is 0.383. The maximum absolute atomic E-state index is 13.2. The zero-order valence-electron chi connectivity index (χ0n) is 15.2. The van der Waals surface area contributed by atoms with Crippen molar-refractivity contribution >= 4 is 17.8 Å². The summed E-state index contributed by atoms with van der Waals surface area (Å²) < 4.78 is 17.0. The largest absolute Gasteiger partial charge is 0.275 e. The van der Waals surface area contributed by atoms with E-state index in [1.165, 1.54) is 41.0 Å². The van der Waals surface area contributed by atoms with Crippen LogP contribution in [0.25, 0.3) is 11.8 Å². The van der Waals surface area contributed by atoms with Gasteiger partial charge in [0.05, 0.1) is 23.8 Å². The molecular weight excluding hydrogens is 359 g/mol. The number of hydrogen-bond acceptors (Lipinski definition) is 3. The number of fused-ring (bicyclic) bond motifs is 2. The molecule has 3 aromatic rings. The third kappa shape index (κ3) is 3.23. The van der Waals surface area contributed by atoms with Gasteiger partial charge in [-0.1, -0.05) is 5.57 Å². The van der Waals surface area contributed by atoms with Crippen molar-refractivity contribution in [3.05, 3.63) is 65.5 Å². The molecule has 2 aliphatic carbocycles. The Morgan fingerprint density at radius 2 is 2.00 bits per heavy atom.